The number of rotatable bonds is 6. The molecule has 0 fully saturated rings. The molecule has 0 N–H and O–H groups in total. The van der Waals surface area contributed by atoms with E-state index >= 15 is 0 Å². The number of hydrogen-bond acceptors (Lipinski definition) is 2. The molecule has 0 amide bonds. The van der Waals surface area contributed by atoms with E-state index in [1.54, 1.807) is 0 Å². The first kappa shape index (κ1) is 25.4. The van der Waals surface area contributed by atoms with E-state index < -0.39 is 8.07 Å². The molecule has 0 bridgehead atoms. The van der Waals surface area contributed by atoms with Crippen LogP contribution in [0.3, 0.4) is 0 Å². The molecule has 41 heavy (non-hydrogen) atoms. The van der Waals surface area contributed by atoms with E-state index in [-0.39, 0.29) is 0 Å². The van der Waals surface area contributed by atoms with Crippen LogP contribution in [0.5, 0.6) is 0 Å². The van der Waals surface area contributed by atoms with Crippen LogP contribution in [-0.4, -0.2) is 18.0 Å². The van der Waals surface area contributed by atoms with Crippen molar-refractivity contribution in [3.8, 4) is 0 Å². The first-order valence-electron chi connectivity index (χ1n) is 14.6. The molecule has 0 saturated heterocycles. The summed E-state index contributed by atoms with van der Waals surface area (Å²) in [6.45, 7) is 4.78. The van der Waals surface area contributed by atoms with Gasteiger partial charge in [0.1, 0.15) is 8.07 Å². The molecule has 1 aliphatic heterocycles. The van der Waals surface area contributed by atoms with E-state index in [0.717, 1.165) is 23.5 Å². The molecule has 0 atom stereocenters. The molecule has 3 heterocycles. The molecule has 7 rings (SSSR count). The fraction of sp³-hybridized carbons (Fsp3) is 0.105. The van der Waals surface area contributed by atoms with Gasteiger partial charge in [-0.1, -0.05) is 135 Å². The number of pyridine rings is 2. The number of aromatic nitrogens is 2. The van der Waals surface area contributed by atoms with Crippen molar-refractivity contribution in [1.29, 1.82) is 0 Å². The average molecular weight is 545 g/mol. The Hall–Kier alpha value is -4.60. The molecule has 0 radical (unpaired) electrons. The highest BCUT2D eigenvalue weighted by Crippen LogP contribution is 2.58. The van der Waals surface area contributed by atoms with E-state index in [1.165, 1.54) is 54.2 Å². The van der Waals surface area contributed by atoms with Gasteiger partial charge in [0.25, 0.3) is 0 Å². The summed E-state index contributed by atoms with van der Waals surface area (Å²) < 4.78 is 0. The Morgan fingerprint density at radius 1 is 0.463 bits per heavy atom. The summed E-state index contributed by atoms with van der Waals surface area (Å²) >= 11 is 0. The number of hydrogen-bond donors (Lipinski definition) is 0. The van der Waals surface area contributed by atoms with Crippen LogP contribution in [0, 0.1) is 0 Å². The topological polar surface area (TPSA) is 25.8 Å². The average Bonchev–Trinajstić information content (AvgIpc) is 3.36. The number of fused-ring (bicyclic) bond motifs is 2. The van der Waals surface area contributed by atoms with Crippen molar-refractivity contribution in [2.24, 2.45) is 0 Å². The molecule has 0 unspecified atom stereocenters. The van der Waals surface area contributed by atoms with Gasteiger partial charge >= 0.3 is 0 Å². The maximum Gasteiger partial charge on any atom is 0.125 e. The lowest BCUT2D eigenvalue weighted by Crippen LogP contribution is -2.36. The van der Waals surface area contributed by atoms with Gasteiger partial charge in [-0.2, -0.15) is 0 Å². The Kier molecular flexibility index (Phi) is 6.45. The Balaban J connectivity index is 1.70. The largest absolute Gasteiger partial charge is 0.256 e. The number of benzene rings is 4. The fourth-order valence-electron chi connectivity index (χ4n) is 6.93. The highest BCUT2D eigenvalue weighted by molar-refractivity contribution is 7.14. The predicted octanol–water partition coefficient (Wildman–Crippen LogP) is 9.89. The van der Waals surface area contributed by atoms with Crippen molar-refractivity contribution < 1.29 is 0 Å². The van der Waals surface area contributed by atoms with Crippen LogP contribution in [0.1, 0.15) is 36.4 Å². The van der Waals surface area contributed by atoms with Gasteiger partial charge in [-0.15, -0.1) is 0 Å². The van der Waals surface area contributed by atoms with Crippen LogP contribution in [0.25, 0.3) is 43.1 Å². The van der Waals surface area contributed by atoms with Crippen LogP contribution in [-0.2, 0) is 0 Å². The van der Waals surface area contributed by atoms with Crippen LogP contribution in [0.15, 0.2) is 134 Å². The lowest BCUT2D eigenvalue weighted by molar-refractivity contribution is 1.26. The lowest BCUT2D eigenvalue weighted by Gasteiger charge is -2.32. The minimum atomic E-state index is -2.41. The van der Waals surface area contributed by atoms with Gasteiger partial charge < -0.3 is 0 Å². The van der Waals surface area contributed by atoms with Gasteiger partial charge in [-0.25, -0.2) is 0 Å². The molecule has 0 spiro atoms. The van der Waals surface area contributed by atoms with Crippen molar-refractivity contribution in [3.05, 3.63) is 156 Å². The standard InChI is InChI=1S/C38H32N2Si/c1-3-41(4-2)37(35-31-21-13-11-15-27(31)23-25-39-35)33(29-17-7-5-8-18-29)34(30-19-9-6-10-20-30)38(41)36-32-22-14-12-16-28(32)24-26-40-36/h5-26H,3-4H2,1-2H3. The maximum atomic E-state index is 5.20. The summed E-state index contributed by atoms with van der Waals surface area (Å²) in [4.78, 5) is 10.4. The summed E-state index contributed by atoms with van der Waals surface area (Å²) in [6.07, 6.45) is 3.99. The van der Waals surface area contributed by atoms with Crippen molar-refractivity contribution in [2.75, 3.05) is 0 Å². The monoisotopic (exact) mass is 544 g/mol. The smallest absolute Gasteiger partial charge is 0.125 e. The summed E-state index contributed by atoms with van der Waals surface area (Å²) in [6, 6.07) is 45.8. The second-order valence-electron chi connectivity index (χ2n) is 10.8. The second-order valence-corrected chi connectivity index (χ2v) is 15.4. The molecular weight excluding hydrogens is 513 g/mol. The zero-order valence-electron chi connectivity index (χ0n) is 23.5. The molecule has 198 valence electrons. The minimum absolute atomic E-state index is 1.07. The third-order valence-corrected chi connectivity index (χ3v) is 14.2. The van der Waals surface area contributed by atoms with Gasteiger partial charge in [0, 0.05) is 23.2 Å². The molecular formula is C38H32N2Si. The molecule has 2 nitrogen and oxygen atoms in total. The third-order valence-electron chi connectivity index (χ3n) is 8.86. The molecule has 2 aromatic heterocycles. The summed E-state index contributed by atoms with van der Waals surface area (Å²) in [7, 11) is -2.41. The molecule has 6 aromatic rings. The Morgan fingerprint density at radius 2 is 0.854 bits per heavy atom. The van der Waals surface area contributed by atoms with E-state index in [2.05, 4.69) is 135 Å². The molecule has 3 heteroatoms. The van der Waals surface area contributed by atoms with Crippen LogP contribution in [0.2, 0.25) is 12.1 Å². The first-order chi connectivity index (χ1) is 20.3. The van der Waals surface area contributed by atoms with Gasteiger partial charge in [-0.05, 0) is 55.6 Å². The van der Waals surface area contributed by atoms with Crippen molar-refractivity contribution in [3.63, 3.8) is 0 Å². The minimum Gasteiger partial charge on any atom is -0.256 e. The quantitative estimate of drug-likeness (QED) is 0.195. The Labute approximate surface area is 242 Å². The van der Waals surface area contributed by atoms with Gasteiger partial charge in [0.15, 0.2) is 0 Å². The van der Waals surface area contributed by atoms with Crippen LogP contribution in [0.4, 0.5) is 0 Å². The Bertz CT molecular complexity index is 1800. The van der Waals surface area contributed by atoms with Crippen molar-refractivity contribution >= 4 is 51.2 Å². The molecule has 0 aliphatic carbocycles. The van der Waals surface area contributed by atoms with E-state index in [9.17, 15) is 0 Å². The highest BCUT2D eigenvalue weighted by Gasteiger charge is 2.49. The van der Waals surface area contributed by atoms with Gasteiger partial charge in [-0.3, -0.25) is 9.97 Å². The van der Waals surface area contributed by atoms with Crippen LogP contribution < -0.4 is 0 Å². The number of nitrogens with zero attached hydrogens (tertiary/aromatic N) is 2. The zero-order valence-corrected chi connectivity index (χ0v) is 24.5. The summed E-state index contributed by atoms with van der Waals surface area (Å²) in [5.74, 6) is 0. The molecule has 0 saturated carbocycles. The van der Waals surface area contributed by atoms with Crippen molar-refractivity contribution in [2.45, 2.75) is 25.9 Å². The lowest BCUT2D eigenvalue weighted by atomic mass is 9.89. The van der Waals surface area contributed by atoms with Gasteiger partial charge in [0.05, 0.1) is 11.4 Å². The first-order valence-corrected chi connectivity index (χ1v) is 17.0. The fourth-order valence-corrected chi connectivity index (χ4v) is 11.9. The normalized spacial score (nSPS) is 14.8. The zero-order chi connectivity index (χ0) is 27.8. The van der Waals surface area contributed by atoms with E-state index in [1.807, 2.05) is 12.4 Å². The maximum absolute atomic E-state index is 5.20. The molecule has 1 aliphatic rings. The SMILES string of the molecule is CC[Si]1(CC)C(c2nccc3ccccc23)=C(c2ccccc2)C(c2ccccc2)=C1c1nccc2ccccc12. The third kappa shape index (κ3) is 4.00. The van der Waals surface area contributed by atoms with E-state index in [4.69, 9.17) is 9.97 Å². The Morgan fingerprint density at radius 3 is 1.27 bits per heavy atom. The summed E-state index contributed by atoms with van der Waals surface area (Å²) in [5.41, 5.74) is 7.37. The second kappa shape index (κ2) is 10.4. The summed E-state index contributed by atoms with van der Waals surface area (Å²) in [5, 5.41) is 7.77. The highest BCUT2D eigenvalue weighted by atomic mass is 28.3. The van der Waals surface area contributed by atoms with Crippen LogP contribution >= 0.6 is 0 Å². The van der Waals surface area contributed by atoms with Gasteiger partial charge in [0.2, 0.25) is 0 Å². The van der Waals surface area contributed by atoms with E-state index in [0.29, 0.717) is 0 Å². The molecule has 4 aromatic carbocycles. The number of allylic oxidation sites excluding steroid dienone is 2. The predicted molar refractivity (Wildman–Crippen MR) is 177 cm³/mol. The van der Waals surface area contributed by atoms with Crippen molar-refractivity contribution in [1.82, 2.24) is 9.97 Å².